The van der Waals surface area contributed by atoms with Crippen molar-refractivity contribution in [2.75, 3.05) is 20.2 Å². The number of carbonyl (C=O) groups is 1. The number of amides is 1. The summed E-state index contributed by atoms with van der Waals surface area (Å²) in [5, 5.41) is 0. The van der Waals surface area contributed by atoms with Gasteiger partial charge in [-0.2, -0.15) is 0 Å². The number of rotatable bonds is 2. The molecule has 0 radical (unpaired) electrons. The Bertz CT molecular complexity index is 204. The van der Waals surface area contributed by atoms with Crippen LogP contribution >= 0.6 is 0 Å². The molecule has 0 aromatic heterocycles. The SMILES string of the molecule is COC(C)(C)C(=O)N1CC[C@H](N)C1. The minimum atomic E-state index is -0.718. The lowest BCUT2D eigenvalue weighted by atomic mass is 10.1. The zero-order valence-electron chi connectivity index (χ0n) is 8.54. The molecule has 1 saturated heterocycles. The fraction of sp³-hybridized carbons (Fsp3) is 0.889. The van der Waals surface area contributed by atoms with Crippen LogP contribution in [0.5, 0.6) is 0 Å². The molecule has 4 heteroatoms. The van der Waals surface area contributed by atoms with E-state index in [-0.39, 0.29) is 11.9 Å². The average molecular weight is 186 g/mol. The standard InChI is InChI=1S/C9H18N2O2/c1-9(2,13-3)8(12)11-5-4-7(10)6-11/h7H,4-6,10H2,1-3H3/t7-/m0/s1. The van der Waals surface area contributed by atoms with Gasteiger partial charge in [0.15, 0.2) is 0 Å². The van der Waals surface area contributed by atoms with Crippen molar-refractivity contribution in [1.29, 1.82) is 0 Å². The van der Waals surface area contributed by atoms with E-state index < -0.39 is 5.60 Å². The van der Waals surface area contributed by atoms with Crippen LogP contribution in [-0.2, 0) is 9.53 Å². The second-order valence-corrected chi connectivity index (χ2v) is 4.01. The van der Waals surface area contributed by atoms with E-state index >= 15 is 0 Å². The Hall–Kier alpha value is -0.610. The van der Waals surface area contributed by atoms with E-state index in [1.807, 2.05) is 0 Å². The second-order valence-electron chi connectivity index (χ2n) is 4.01. The average Bonchev–Trinajstić information content (AvgIpc) is 2.50. The summed E-state index contributed by atoms with van der Waals surface area (Å²) in [5.41, 5.74) is 4.99. The molecule has 76 valence electrons. The first kappa shape index (κ1) is 10.5. The quantitative estimate of drug-likeness (QED) is 0.659. The van der Waals surface area contributed by atoms with Gasteiger partial charge in [0.1, 0.15) is 5.60 Å². The van der Waals surface area contributed by atoms with Gasteiger partial charge < -0.3 is 15.4 Å². The van der Waals surface area contributed by atoms with Crippen LogP contribution in [0, 0.1) is 0 Å². The summed E-state index contributed by atoms with van der Waals surface area (Å²) in [4.78, 5) is 13.6. The maximum absolute atomic E-state index is 11.8. The van der Waals surface area contributed by atoms with Gasteiger partial charge in [0, 0.05) is 26.2 Å². The van der Waals surface area contributed by atoms with Crippen molar-refractivity contribution >= 4 is 5.91 Å². The molecule has 13 heavy (non-hydrogen) atoms. The molecule has 0 unspecified atom stereocenters. The molecule has 0 aliphatic carbocycles. The first-order valence-electron chi connectivity index (χ1n) is 4.57. The van der Waals surface area contributed by atoms with Crippen molar-refractivity contribution in [2.45, 2.75) is 31.9 Å². The molecular weight excluding hydrogens is 168 g/mol. The lowest BCUT2D eigenvalue weighted by Crippen LogP contribution is -2.46. The van der Waals surface area contributed by atoms with Crippen molar-refractivity contribution in [2.24, 2.45) is 5.73 Å². The molecule has 0 aromatic carbocycles. The summed E-state index contributed by atoms with van der Waals surface area (Å²) in [6.45, 7) is 4.97. The number of methoxy groups -OCH3 is 1. The number of nitrogens with zero attached hydrogens (tertiary/aromatic N) is 1. The Labute approximate surface area is 79.0 Å². The normalized spacial score (nSPS) is 23.7. The maximum Gasteiger partial charge on any atom is 0.254 e. The topological polar surface area (TPSA) is 55.6 Å². The predicted molar refractivity (Wildman–Crippen MR) is 50.3 cm³/mol. The van der Waals surface area contributed by atoms with Gasteiger partial charge in [-0.15, -0.1) is 0 Å². The van der Waals surface area contributed by atoms with Crippen LogP contribution in [0.2, 0.25) is 0 Å². The highest BCUT2D eigenvalue weighted by molar-refractivity contribution is 5.84. The molecule has 1 aliphatic heterocycles. The third-order valence-corrected chi connectivity index (χ3v) is 2.54. The highest BCUT2D eigenvalue weighted by Gasteiger charge is 2.34. The Kier molecular flexibility index (Phi) is 2.93. The minimum Gasteiger partial charge on any atom is -0.369 e. The molecule has 1 heterocycles. The van der Waals surface area contributed by atoms with E-state index in [0.717, 1.165) is 13.0 Å². The summed E-state index contributed by atoms with van der Waals surface area (Å²) in [5.74, 6) is 0.0305. The molecule has 1 atom stereocenters. The maximum atomic E-state index is 11.8. The Balaban J connectivity index is 2.58. The molecule has 4 nitrogen and oxygen atoms in total. The number of hydrogen-bond acceptors (Lipinski definition) is 3. The molecular formula is C9H18N2O2. The van der Waals surface area contributed by atoms with Crippen molar-refractivity contribution in [3.8, 4) is 0 Å². The molecule has 1 aliphatic rings. The first-order valence-corrected chi connectivity index (χ1v) is 4.57. The third kappa shape index (κ3) is 2.19. The molecule has 1 amide bonds. The zero-order valence-corrected chi connectivity index (χ0v) is 8.54. The van der Waals surface area contributed by atoms with Crippen molar-refractivity contribution in [3.05, 3.63) is 0 Å². The molecule has 2 N–H and O–H groups in total. The monoisotopic (exact) mass is 186 g/mol. The Morgan fingerprint density at radius 1 is 1.62 bits per heavy atom. The molecule has 0 saturated carbocycles. The molecule has 0 aromatic rings. The highest BCUT2D eigenvalue weighted by atomic mass is 16.5. The third-order valence-electron chi connectivity index (χ3n) is 2.54. The van der Waals surface area contributed by atoms with Crippen LogP contribution in [0.4, 0.5) is 0 Å². The van der Waals surface area contributed by atoms with Crippen molar-refractivity contribution < 1.29 is 9.53 Å². The summed E-state index contributed by atoms with van der Waals surface area (Å²) >= 11 is 0. The molecule has 1 rings (SSSR count). The number of nitrogens with two attached hydrogens (primary N) is 1. The number of ether oxygens (including phenoxy) is 1. The molecule has 1 fully saturated rings. The fourth-order valence-corrected chi connectivity index (χ4v) is 1.44. The highest BCUT2D eigenvalue weighted by Crippen LogP contribution is 2.16. The lowest BCUT2D eigenvalue weighted by Gasteiger charge is -2.27. The van der Waals surface area contributed by atoms with Gasteiger partial charge in [-0.3, -0.25) is 4.79 Å². The van der Waals surface area contributed by atoms with Crippen LogP contribution in [0.1, 0.15) is 20.3 Å². The van der Waals surface area contributed by atoms with Gasteiger partial charge in [-0.1, -0.05) is 0 Å². The van der Waals surface area contributed by atoms with Crippen LogP contribution in [0.3, 0.4) is 0 Å². The van der Waals surface area contributed by atoms with Crippen LogP contribution in [0.25, 0.3) is 0 Å². The van der Waals surface area contributed by atoms with Crippen molar-refractivity contribution in [1.82, 2.24) is 4.90 Å². The minimum absolute atomic E-state index is 0.0305. The largest absolute Gasteiger partial charge is 0.369 e. The summed E-state index contributed by atoms with van der Waals surface area (Å²) in [6, 6.07) is 0.136. The Morgan fingerprint density at radius 2 is 2.23 bits per heavy atom. The Morgan fingerprint density at radius 3 is 2.62 bits per heavy atom. The van der Waals surface area contributed by atoms with E-state index in [0.29, 0.717) is 6.54 Å². The van der Waals surface area contributed by atoms with Gasteiger partial charge in [0.05, 0.1) is 0 Å². The summed E-state index contributed by atoms with van der Waals surface area (Å²) in [6.07, 6.45) is 0.894. The van der Waals surface area contributed by atoms with Gasteiger partial charge in [-0.25, -0.2) is 0 Å². The van der Waals surface area contributed by atoms with Crippen molar-refractivity contribution in [3.63, 3.8) is 0 Å². The number of likely N-dealkylation sites (tertiary alicyclic amines) is 1. The van der Waals surface area contributed by atoms with E-state index in [1.54, 1.807) is 25.9 Å². The summed E-state index contributed by atoms with van der Waals surface area (Å²) in [7, 11) is 1.55. The van der Waals surface area contributed by atoms with E-state index in [2.05, 4.69) is 0 Å². The second kappa shape index (κ2) is 3.64. The van der Waals surface area contributed by atoms with Crippen LogP contribution in [-0.4, -0.2) is 42.6 Å². The van der Waals surface area contributed by atoms with Gasteiger partial charge in [0.25, 0.3) is 5.91 Å². The molecule has 0 spiro atoms. The summed E-state index contributed by atoms with van der Waals surface area (Å²) < 4.78 is 5.12. The van der Waals surface area contributed by atoms with E-state index in [1.165, 1.54) is 0 Å². The lowest BCUT2D eigenvalue weighted by molar-refractivity contribution is -0.149. The number of carbonyl (C=O) groups excluding carboxylic acids is 1. The fourth-order valence-electron chi connectivity index (χ4n) is 1.44. The van der Waals surface area contributed by atoms with E-state index in [9.17, 15) is 4.79 Å². The van der Waals surface area contributed by atoms with Gasteiger partial charge in [0.2, 0.25) is 0 Å². The van der Waals surface area contributed by atoms with Crippen LogP contribution < -0.4 is 5.73 Å². The predicted octanol–water partition coefficient (Wildman–Crippen LogP) is -0.0290. The molecule has 0 bridgehead atoms. The first-order chi connectivity index (χ1) is 5.97. The van der Waals surface area contributed by atoms with Crippen LogP contribution in [0.15, 0.2) is 0 Å². The van der Waals surface area contributed by atoms with Gasteiger partial charge >= 0.3 is 0 Å². The smallest absolute Gasteiger partial charge is 0.254 e. The zero-order chi connectivity index (χ0) is 10.1. The number of hydrogen-bond donors (Lipinski definition) is 1. The van der Waals surface area contributed by atoms with Gasteiger partial charge in [-0.05, 0) is 20.3 Å². The van der Waals surface area contributed by atoms with E-state index in [4.69, 9.17) is 10.5 Å².